The van der Waals surface area contributed by atoms with Crippen molar-refractivity contribution in [1.82, 2.24) is 9.80 Å². The van der Waals surface area contributed by atoms with Crippen LogP contribution in [-0.2, 0) is 6.54 Å². The van der Waals surface area contributed by atoms with Crippen molar-refractivity contribution < 1.29 is 27.4 Å². The van der Waals surface area contributed by atoms with Crippen molar-refractivity contribution >= 4 is 5.91 Å². The summed E-state index contributed by atoms with van der Waals surface area (Å²) in [4.78, 5) is 16.7. The van der Waals surface area contributed by atoms with Crippen LogP contribution in [0.3, 0.4) is 0 Å². The van der Waals surface area contributed by atoms with Gasteiger partial charge in [0.25, 0.3) is 5.91 Å². The monoisotopic (exact) mass is 408 g/mol. The van der Waals surface area contributed by atoms with E-state index in [1.807, 2.05) is 0 Å². The molecule has 0 aromatic heterocycles. The second-order valence-corrected chi connectivity index (χ2v) is 6.76. The van der Waals surface area contributed by atoms with E-state index in [0.29, 0.717) is 31.7 Å². The van der Waals surface area contributed by atoms with Gasteiger partial charge < -0.3 is 14.4 Å². The number of halogens is 3. The van der Waals surface area contributed by atoms with Crippen molar-refractivity contribution in [2.75, 3.05) is 33.3 Å². The number of rotatable bonds is 6. The first-order chi connectivity index (χ1) is 14.0. The maximum absolute atomic E-state index is 13.9. The molecular formula is C21H23F3N2O3. The van der Waals surface area contributed by atoms with Crippen LogP contribution in [-0.4, -0.2) is 55.6 Å². The molecule has 1 heterocycles. The zero-order valence-electron chi connectivity index (χ0n) is 16.1. The summed E-state index contributed by atoms with van der Waals surface area (Å²) in [6.45, 7) is -0.214. The first-order valence-electron chi connectivity index (χ1n) is 9.36. The molecule has 0 radical (unpaired) electrons. The van der Waals surface area contributed by atoms with E-state index >= 15 is 0 Å². The molecule has 0 saturated carbocycles. The molecule has 0 atom stereocenters. The van der Waals surface area contributed by atoms with Crippen LogP contribution in [0.2, 0.25) is 0 Å². The Morgan fingerprint density at radius 2 is 1.86 bits per heavy atom. The Hall–Kier alpha value is -2.74. The highest BCUT2D eigenvalue weighted by molar-refractivity contribution is 5.95. The number of ether oxygens (including phenoxy) is 2. The second-order valence-electron chi connectivity index (χ2n) is 6.76. The summed E-state index contributed by atoms with van der Waals surface area (Å²) in [5.74, 6) is -0.549. The van der Waals surface area contributed by atoms with Crippen LogP contribution < -0.4 is 9.47 Å². The van der Waals surface area contributed by atoms with E-state index in [2.05, 4.69) is 9.64 Å². The van der Waals surface area contributed by atoms with Crippen LogP contribution in [0.15, 0.2) is 42.5 Å². The summed E-state index contributed by atoms with van der Waals surface area (Å²) in [5.41, 5.74) is 0.875. The average Bonchev–Trinajstić information content (AvgIpc) is 2.94. The Bertz CT molecular complexity index is 848. The Labute approximate surface area is 167 Å². The fourth-order valence-electron chi connectivity index (χ4n) is 3.38. The number of carbonyl (C=O) groups excluding carboxylic acids is 1. The molecule has 2 aromatic carbocycles. The molecule has 1 saturated heterocycles. The smallest absolute Gasteiger partial charge is 0.387 e. The Balaban J connectivity index is 1.67. The SMILES string of the molecule is COc1ccc(C(=O)N2CCCN(Cc3ccccc3F)CC2)cc1OC(F)F. The molecule has 3 rings (SSSR count). The number of alkyl halides is 2. The topological polar surface area (TPSA) is 42.0 Å². The Kier molecular flexibility index (Phi) is 6.98. The molecule has 156 valence electrons. The van der Waals surface area contributed by atoms with E-state index < -0.39 is 6.61 Å². The third kappa shape index (κ3) is 5.41. The molecule has 1 aliphatic heterocycles. The zero-order valence-corrected chi connectivity index (χ0v) is 16.1. The van der Waals surface area contributed by atoms with E-state index in [4.69, 9.17) is 4.74 Å². The van der Waals surface area contributed by atoms with Gasteiger partial charge in [0.05, 0.1) is 7.11 Å². The average molecular weight is 408 g/mol. The number of amides is 1. The Morgan fingerprint density at radius 3 is 2.59 bits per heavy atom. The van der Waals surface area contributed by atoms with Gasteiger partial charge in [-0.15, -0.1) is 0 Å². The zero-order chi connectivity index (χ0) is 20.8. The minimum atomic E-state index is -3.01. The summed E-state index contributed by atoms with van der Waals surface area (Å²) in [6, 6.07) is 10.9. The molecule has 0 aliphatic carbocycles. The van der Waals surface area contributed by atoms with Crippen molar-refractivity contribution in [3.8, 4) is 11.5 Å². The highest BCUT2D eigenvalue weighted by atomic mass is 19.3. The standard InChI is InChI=1S/C21H23F3N2O3/c1-28-18-8-7-15(13-19(18)29-21(23)24)20(27)26-10-4-9-25(11-12-26)14-16-5-2-3-6-17(16)22/h2-3,5-8,13,21H,4,9-12,14H2,1H3. The molecule has 5 nitrogen and oxygen atoms in total. The molecule has 8 heteroatoms. The van der Waals surface area contributed by atoms with Crippen LogP contribution in [0.1, 0.15) is 22.3 Å². The molecule has 1 fully saturated rings. The van der Waals surface area contributed by atoms with Gasteiger partial charge in [-0.05, 0) is 30.7 Å². The summed E-state index contributed by atoms with van der Waals surface area (Å²) in [7, 11) is 1.34. The first kappa shape index (κ1) is 21.0. The lowest BCUT2D eigenvalue weighted by molar-refractivity contribution is -0.0512. The van der Waals surface area contributed by atoms with Crippen LogP contribution >= 0.6 is 0 Å². The summed E-state index contributed by atoms with van der Waals surface area (Å²) >= 11 is 0. The third-order valence-electron chi connectivity index (χ3n) is 4.85. The fraction of sp³-hybridized carbons (Fsp3) is 0.381. The molecule has 29 heavy (non-hydrogen) atoms. The van der Waals surface area contributed by atoms with Crippen LogP contribution in [0.5, 0.6) is 11.5 Å². The van der Waals surface area contributed by atoms with Gasteiger partial charge in [-0.25, -0.2) is 4.39 Å². The predicted molar refractivity (Wildman–Crippen MR) is 102 cm³/mol. The van der Waals surface area contributed by atoms with Crippen molar-refractivity contribution in [3.63, 3.8) is 0 Å². The number of methoxy groups -OCH3 is 1. The molecule has 0 bridgehead atoms. The van der Waals surface area contributed by atoms with Crippen LogP contribution in [0.4, 0.5) is 13.2 Å². The van der Waals surface area contributed by atoms with Crippen molar-refractivity contribution in [1.29, 1.82) is 0 Å². The van der Waals surface area contributed by atoms with Crippen LogP contribution in [0.25, 0.3) is 0 Å². The highest BCUT2D eigenvalue weighted by Crippen LogP contribution is 2.30. The second kappa shape index (κ2) is 9.65. The van der Waals surface area contributed by atoms with Gasteiger partial charge in [0.1, 0.15) is 5.82 Å². The molecular weight excluding hydrogens is 385 g/mol. The number of nitrogens with zero attached hydrogens (tertiary/aromatic N) is 2. The van der Waals surface area contributed by atoms with Gasteiger partial charge in [-0.3, -0.25) is 9.69 Å². The largest absolute Gasteiger partial charge is 0.493 e. The lowest BCUT2D eigenvalue weighted by Gasteiger charge is -2.22. The van der Waals surface area contributed by atoms with Crippen molar-refractivity contribution in [3.05, 3.63) is 59.4 Å². The van der Waals surface area contributed by atoms with E-state index in [1.165, 1.54) is 31.4 Å². The molecule has 2 aromatic rings. The van der Waals surface area contributed by atoms with E-state index in [1.54, 1.807) is 23.1 Å². The lowest BCUT2D eigenvalue weighted by Crippen LogP contribution is -2.35. The first-order valence-corrected chi connectivity index (χ1v) is 9.36. The maximum Gasteiger partial charge on any atom is 0.387 e. The lowest BCUT2D eigenvalue weighted by atomic mass is 10.1. The minimum Gasteiger partial charge on any atom is -0.493 e. The molecule has 0 unspecified atom stereocenters. The Morgan fingerprint density at radius 1 is 1.07 bits per heavy atom. The summed E-state index contributed by atoms with van der Waals surface area (Å²) < 4.78 is 48.6. The molecule has 0 N–H and O–H groups in total. The van der Waals surface area contributed by atoms with Gasteiger partial charge in [0.2, 0.25) is 0 Å². The molecule has 0 spiro atoms. The van der Waals surface area contributed by atoms with E-state index in [9.17, 15) is 18.0 Å². The van der Waals surface area contributed by atoms with Gasteiger partial charge in [-0.2, -0.15) is 8.78 Å². The van der Waals surface area contributed by atoms with Gasteiger partial charge >= 0.3 is 6.61 Å². The van der Waals surface area contributed by atoms with Crippen LogP contribution in [0, 0.1) is 5.82 Å². The van der Waals surface area contributed by atoms with E-state index in [-0.39, 0.29) is 28.8 Å². The summed E-state index contributed by atoms with van der Waals surface area (Å²) in [5, 5.41) is 0. The molecule has 1 amide bonds. The summed E-state index contributed by atoms with van der Waals surface area (Å²) in [6.07, 6.45) is 0.733. The minimum absolute atomic E-state index is 0.133. The molecule has 1 aliphatic rings. The van der Waals surface area contributed by atoms with Gasteiger partial charge in [0, 0.05) is 43.9 Å². The normalized spacial score (nSPS) is 15.3. The quantitative estimate of drug-likeness (QED) is 0.730. The third-order valence-corrected chi connectivity index (χ3v) is 4.85. The number of benzene rings is 2. The van der Waals surface area contributed by atoms with Gasteiger partial charge in [-0.1, -0.05) is 18.2 Å². The maximum atomic E-state index is 13.9. The van der Waals surface area contributed by atoms with E-state index in [0.717, 1.165) is 13.0 Å². The highest BCUT2D eigenvalue weighted by Gasteiger charge is 2.22. The number of hydrogen-bond acceptors (Lipinski definition) is 4. The predicted octanol–water partition coefficient (Wildman–Crippen LogP) is 3.78. The van der Waals surface area contributed by atoms with Gasteiger partial charge in [0.15, 0.2) is 11.5 Å². The number of carbonyl (C=O) groups is 1. The fourth-order valence-corrected chi connectivity index (χ4v) is 3.38. The number of hydrogen-bond donors (Lipinski definition) is 0. The van der Waals surface area contributed by atoms with Crippen molar-refractivity contribution in [2.45, 2.75) is 19.6 Å². The van der Waals surface area contributed by atoms with Crippen molar-refractivity contribution in [2.24, 2.45) is 0 Å².